The monoisotopic (exact) mass is 201 g/mol. The number of hydrogen-bond acceptors (Lipinski definition) is 3. The molecule has 0 aliphatic heterocycles. The molecule has 13 heavy (non-hydrogen) atoms. The molecule has 0 atom stereocenters. The average molecular weight is 201 g/mol. The van der Waals surface area contributed by atoms with Crippen molar-refractivity contribution in [1.82, 2.24) is 0 Å². The lowest BCUT2D eigenvalue weighted by atomic mass is 10.3. The molecule has 0 fully saturated rings. The predicted molar refractivity (Wildman–Crippen MR) is 49.5 cm³/mol. The van der Waals surface area contributed by atoms with Crippen LogP contribution < -0.4 is 0 Å². The van der Waals surface area contributed by atoms with E-state index >= 15 is 0 Å². The fourth-order valence-corrected chi connectivity index (χ4v) is 1.55. The lowest BCUT2D eigenvalue weighted by molar-refractivity contribution is -0.385. The van der Waals surface area contributed by atoms with Gasteiger partial charge in [0, 0.05) is 11.0 Å². The van der Waals surface area contributed by atoms with Gasteiger partial charge in [-0.25, -0.2) is 4.39 Å². The standard InChI is InChI=1S/C8H8FNO2S/c1-2-13-8-4-3-6(10(11)12)5-7(8)9/h3-5H,2H2,1H3. The Morgan fingerprint density at radius 1 is 1.62 bits per heavy atom. The molecule has 5 heteroatoms. The Labute approximate surface area is 79.1 Å². The Kier molecular flexibility index (Phi) is 3.25. The van der Waals surface area contributed by atoms with Crippen LogP contribution >= 0.6 is 11.8 Å². The average Bonchev–Trinajstić information content (AvgIpc) is 2.08. The summed E-state index contributed by atoms with van der Waals surface area (Å²) < 4.78 is 13.1. The van der Waals surface area contributed by atoms with Gasteiger partial charge < -0.3 is 0 Å². The fraction of sp³-hybridized carbons (Fsp3) is 0.250. The SMILES string of the molecule is CCSc1ccc([N+](=O)[O-])cc1F. The van der Waals surface area contributed by atoms with E-state index < -0.39 is 10.7 Å². The van der Waals surface area contributed by atoms with Crippen LogP contribution in [0.5, 0.6) is 0 Å². The summed E-state index contributed by atoms with van der Waals surface area (Å²) in [6.07, 6.45) is 0. The largest absolute Gasteiger partial charge is 0.272 e. The van der Waals surface area contributed by atoms with E-state index in [9.17, 15) is 14.5 Å². The van der Waals surface area contributed by atoms with Crippen LogP contribution in [-0.2, 0) is 0 Å². The molecule has 0 aliphatic rings. The van der Waals surface area contributed by atoms with Crippen molar-refractivity contribution in [2.24, 2.45) is 0 Å². The molecule has 0 aromatic heterocycles. The van der Waals surface area contributed by atoms with Gasteiger partial charge in [-0.05, 0) is 11.8 Å². The summed E-state index contributed by atoms with van der Waals surface area (Å²) in [4.78, 5) is 10.1. The van der Waals surface area contributed by atoms with E-state index in [4.69, 9.17) is 0 Å². The minimum absolute atomic E-state index is 0.210. The second-order valence-corrected chi connectivity index (χ2v) is 3.61. The second-order valence-electron chi connectivity index (χ2n) is 2.30. The molecule has 70 valence electrons. The molecule has 0 aliphatic carbocycles. The molecular weight excluding hydrogens is 193 g/mol. The van der Waals surface area contributed by atoms with Crippen LogP contribution in [0.15, 0.2) is 23.1 Å². The number of halogens is 1. The van der Waals surface area contributed by atoms with Gasteiger partial charge in [0.2, 0.25) is 0 Å². The molecule has 1 aromatic carbocycles. The van der Waals surface area contributed by atoms with Crippen molar-refractivity contribution in [2.75, 3.05) is 5.75 Å². The van der Waals surface area contributed by atoms with Crippen molar-refractivity contribution < 1.29 is 9.31 Å². The molecule has 0 bridgehead atoms. The maximum Gasteiger partial charge on any atom is 0.272 e. The highest BCUT2D eigenvalue weighted by atomic mass is 32.2. The molecule has 0 heterocycles. The zero-order valence-corrected chi connectivity index (χ0v) is 7.81. The zero-order chi connectivity index (χ0) is 9.84. The van der Waals surface area contributed by atoms with Crippen LogP contribution in [-0.4, -0.2) is 10.7 Å². The molecule has 1 aromatic rings. The number of rotatable bonds is 3. The first-order valence-electron chi connectivity index (χ1n) is 3.72. The van der Waals surface area contributed by atoms with Gasteiger partial charge in [-0.1, -0.05) is 6.92 Å². The van der Waals surface area contributed by atoms with E-state index in [1.807, 2.05) is 6.92 Å². The third-order valence-electron chi connectivity index (χ3n) is 1.43. The van der Waals surface area contributed by atoms with Crippen LogP contribution in [0.25, 0.3) is 0 Å². The lowest BCUT2D eigenvalue weighted by Crippen LogP contribution is -1.90. The Morgan fingerprint density at radius 2 is 2.31 bits per heavy atom. The van der Waals surface area contributed by atoms with Gasteiger partial charge >= 0.3 is 0 Å². The number of nitro groups is 1. The summed E-state index contributed by atoms with van der Waals surface area (Å²) in [5, 5.41) is 10.3. The molecule has 0 amide bonds. The predicted octanol–water partition coefficient (Wildman–Crippen LogP) is 2.85. The van der Waals surface area contributed by atoms with E-state index in [2.05, 4.69) is 0 Å². The molecule has 0 saturated heterocycles. The Morgan fingerprint density at radius 3 is 2.77 bits per heavy atom. The van der Waals surface area contributed by atoms with Gasteiger partial charge in [-0.3, -0.25) is 10.1 Å². The molecule has 0 unspecified atom stereocenters. The van der Waals surface area contributed by atoms with Crippen molar-refractivity contribution in [3.63, 3.8) is 0 Å². The molecule has 0 spiro atoms. The fourth-order valence-electron chi connectivity index (χ4n) is 0.876. The number of benzene rings is 1. The highest BCUT2D eigenvalue weighted by molar-refractivity contribution is 7.99. The van der Waals surface area contributed by atoms with Gasteiger partial charge in [0.05, 0.1) is 11.0 Å². The quantitative estimate of drug-likeness (QED) is 0.429. The van der Waals surface area contributed by atoms with Crippen molar-refractivity contribution >= 4 is 17.4 Å². The first kappa shape index (κ1) is 9.98. The number of nitrogens with zero attached hydrogens (tertiary/aromatic N) is 1. The van der Waals surface area contributed by atoms with E-state index in [0.717, 1.165) is 11.8 Å². The van der Waals surface area contributed by atoms with Gasteiger partial charge in [0.1, 0.15) is 5.82 Å². The third kappa shape index (κ3) is 2.42. The van der Waals surface area contributed by atoms with E-state index in [1.54, 1.807) is 0 Å². The smallest absolute Gasteiger partial charge is 0.258 e. The molecule has 3 nitrogen and oxygen atoms in total. The van der Waals surface area contributed by atoms with Crippen LogP contribution in [0.3, 0.4) is 0 Å². The summed E-state index contributed by atoms with van der Waals surface area (Å²) >= 11 is 1.32. The first-order valence-corrected chi connectivity index (χ1v) is 4.70. The van der Waals surface area contributed by atoms with E-state index in [1.165, 1.54) is 23.9 Å². The van der Waals surface area contributed by atoms with Crippen LogP contribution in [0.4, 0.5) is 10.1 Å². The Balaban J connectivity index is 2.98. The van der Waals surface area contributed by atoms with Crippen LogP contribution in [0, 0.1) is 15.9 Å². The van der Waals surface area contributed by atoms with Crippen molar-refractivity contribution in [3.8, 4) is 0 Å². The summed E-state index contributed by atoms with van der Waals surface area (Å²) in [7, 11) is 0. The summed E-state index contributed by atoms with van der Waals surface area (Å²) in [5.41, 5.74) is -0.210. The second kappa shape index (κ2) is 4.23. The van der Waals surface area contributed by atoms with E-state index in [-0.39, 0.29) is 5.69 Å². The first-order chi connectivity index (χ1) is 6.15. The van der Waals surface area contributed by atoms with Crippen molar-refractivity contribution in [2.45, 2.75) is 11.8 Å². The summed E-state index contributed by atoms with van der Waals surface area (Å²) in [5.74, 6) is 0.218. The number of hydrogen-bond donors (Lipinski definition) is 0. The Hall–Kier alpha value is -1.10. The highest BCUT2D eigenvalue weighted by Crippen LogP contribution is 2.24. The molecule has 0 N–H and O–H groups in total. The minimum Gasteiger partial charge on any atom is -0.258 e. The number of thioether (sulfide) groups is 1. The summed E-state index contributed by atoms with van der Waals surface area (Å²) in [6, 6.07) is 3.68. The van der Waals surface area contributed by atoms with E-state index in [0.29, 0.717) is 4.90 Å². The van der Waals surface area contributed by atoms with Crippen molar-refractivity contribution in [3.05, 3.63) is 34.1 Å². The van der Waals surface area contributed by atoms with Gasteiger partial charge in [-0.15, -0.1) is 11.8 Å². The zero-order valence-electron chi connectivity index (χ0n) is 6.99. The molecule has 0 saturated carbocycles. The van der Waals surface area contributed by atoms with Gasteiger partial charge in [-0.2, -0.15) is 0 Å². The summed E-state index contributed by atoms with van der Waals surface area (Å²) in [6.45, 7) is 1.89. The molecule has 0 radical (unpaired) electrons. The topological polar surface area (TPSA) is 43.1 Å². The highest BCUT2D eigenvalue weighted by Gasteiger charge is 2.09. The Bertz CT molecular complexity index is 330. The van der Waals surface area contributed by atoms with Crippen LogP contribution in [0.1, 0.15) is 6.92 Å². The molecular formula is C8H8FNO2S. The number of non-ortho nitro benzene ring substituents is 1. The van der Waals surface area contributed by atoms with Crippen LogP contribution in [0.2, 0.25) is 0 Å². The number of nitro benzene ring substituents is 1. The van der Waals surface area contributed by atoms with Gasteiger partial charge in [0.15, 0.2) is 0 Å². The van der Waals surface area contributed by atoms with Gasteiger partial charge in [0.25, 0.3) is 5.69 Å². The van der Waals surface area contributed by atoms with Crippen molar-refractivity contribution in [1.29, 1.82) is 0 Å². The molecule has 1 rings (SSSR count). The maximum absolute atomic E-state index is 13.1. The minimum atomic E-state index is -0.608. The lowest BCUT2D eigenvalue weighted by Gasteiger charge is -1.99. The normalized spacial score (nSPS) is 10.0. The maximum atomic E-state index is 13.1. The third-order valence-corrected chi connectivity index (χ3v) is 2.36.